The second kappa shape index (κ2) is 5.24. The zero-order chi connectivity index (χ0) is 12.3. The van der Waals surface area contributed by atoms with Gasteiger partial charge in [0.1, 0.15) is 0 Å². The number of carboxylic acids is 1. The summed E-state index contributed by atoms with van der Waals surface area (Å²) < 4.78 is 5.00. The normalized spacial score (nSPS) is 28.4. The fraction of sp³-hybridized carbons (Fsp3) is 0.778. The van der Waals surface area contributed by atoms with Crippen molar-refractivity contribution in [3.63, 3.8) is 0 Å². The maximum atomic E-state index is 11.6. The molecule has 0 aromatic carbocycles. The molecule has 0 aromatic heterocycles. The Morgan fingerprint density at radius 1 is 1.50 bits per heavy atom. The van der Waals surface area contributed by atoms with Gasteiger partial charge in [-0.05, 0) is 6.92 Å². The number of carboxylic acid groups (broad SMARTS) is 1. The zero-order valence-electron chi connectivity index (χ0n) is 8.92. The second-order valence-electron chi connectivity index (χ2n) is 3.87. The number of nitrogens with one attached hydrogen (secondary N) is 1. The lowest BCUT2D eigenvalue weighted by molar-refractivity contribution is -0.145. The maximum Gasteiger partial charge on any atom is 0.328 e. The lowest BCUT2D eigenvalue weighted by Crippen LogP contribution is -2.52. The summed E-state index contributed by atoms with van der Waals surface area (Å²) in [7, 11) is 0. The highest BCUT2D eigenvalue weighted by Crippen LogP contribution is 2.12. The number of nitrogens with two attached hydrogens (primary N) is 1. The van der Waals surface area contributed by atoms with Crippen LogP contribution in [-0.2, 0) is 14.3 Å². The largest absolute Gasteiger partial charge is 0.480 e. The number of carbonyl (C=O) groups excluding carboxylic acids is 1. The van der Waals surface area contributed by atoms with Crippen molar-refractivity contribution < 1.29 is 24.5 Å². The van der Waals surface area contributed by atoms with Gasteiger partial charge >= 0.3 is 5.97 Å². The highest BCUT2D eigenvalue weighted by Gasteiger charge is 2.34. The van der Waals surface area contributed by atoms with E-state index in [0.717, 1.165) is 0 Å². The number of rotatable bonds is 4. The van der Waals surface area contributed by atoms with Gasteiger partial charge in [-0.1, -0.05) is 0 Å². The van der Waals surface area contributed by atoms with Crippen LogP contribution >= 0.6 is 0 Å². The minimum Gasteiger partial charge on any atom is -0.480 e. The minimum absolute atomic E-state index is 0.180. The van der Waals surface area contributed by atoms with Gasteiger partial charge in [0.05, 0.1) is 25.2 Å². The summed E-state index contributed by atoms with van der Waals surface area (Å²) in [4.78, 5) is 22.4. The number of hydrogen-bond acceptors (Lipinski definition) is 5. The average Bonchev–Trinajstić information content (AvgIpc) is 2.59. The van der Waals surface area contributed by atoms with Crippen LogP contribution in [0.1, 0.15) is 6.92 Å². The first kappa shape index (κ1) is 12.9. The Morgan fingerprint density at radius 3 is 2.50 bits per heavy atom. The molecular formula is C9H16N2O5. The number of aliphatic carboxylic acids is 1. The first-order valence-corrected chi connectivity index (χ1v) is 4.98. The van der Waals surface area contributed by atoms with Crippen molar-refractivity contribution in [1.82, 2.24) is 5.32 Å². The van der Waals surface area contributed by atoms with Crippen LogP contribution in [-0.4, -0.2) is 53.5 Å². The Morgan fingerprint density at radius 2 is 2.12 bits per heavy atom. The van der Waals surface area contributed by atoms with Gasteiger partial charge in [-0.25, -0.2) is 4.79 Å². The van der Waals surface area contributed by atoms with Crippen LogP contribution in [0.2, 0.25) is 0 Å². The molecule has 1 saturated heterocycles. The van der Waals surface area contributed by atoms with E-state index in [2.05, 4.69) is 5.32 Å². The SMILES string of the molecule is CC(O)C(NC(=O)C1COCC1N)C(=O)O. The number of aliphatic hydroxyl groups excluding tert-OH is 1. The summed E-state index contributed by atoms with van der Waals surface area (Å²) in [5.74, 6) is -2.34. The standard InChI is InChI=1S/C9H16N2O5/c1-4(12)7(9(14)15)11-8(13)5-2-16-3-6(5)10/h4-7,12H,2-3,10H2,1H3,(H,11,13)(H,14,15). The van der Waals surface area contributed by atoms with Crippen molar-refractivity contribution in [3.05, 3.63) is 0 Å². The van der Waals surface area contributed by atoms with Crippen LogP contribution in [0.3, 0.4) is 0 Å². The number of hydrogen-bond donors (Lipinski definition) is 4. The second-order valence-corrected chi connectivity index (χ2v) is 3.87. The number of aliphatic hydroxyl groups is 1. The lowest BCUT2D eigenvalue weighted by Gasteiger charge is -2.20. The number of amides is 1. The topological polar surface area (TPSA) is 122 Å². The smallest absolute Gasteiger partial charge is 0.328 e. The van der Waals surface area contributed by atoms with E-state index in [-0.39, 0.29) is 13.2 Å². The van der Waals surface area contributed by atoms with Crippen LogP contribution in [0.25, 0.3) is 0 Å². The zero-order valence-corrected chi connectivity index (χ0v) is 8.92. The predicted molar refractivity (Wildman–Crippen MR) is 53.5 cm³/mol. The van der Waals surface area contributed by atoms with Gasteiger partial charge in [0, 0.05) is 6.04 Å². The summed E-state index contributed by atoms with van der Waals surface area (Å²) in [6, 6.07) is -1.75. The third-order valence-corrected chi connectivity index (χ3v) is 2.51. The molecule has 7 nitrogen and oxygen atoms in total. The van der Waals surface area contributed by atoms with Gasteiger partial charge in [-0.3, -0.25) is 4.79 Å². The van der Waals surface area contributed by atoms with E-state index in [1.54, 1.807) is 0 Å². The Labute approximate surface area is 92.6 Å². The van der Waals surface area contributed by atoms with Crippen molar-refractivity contribution in [3.8, 4) is 0 Å². The number of carbonyl (C=O) groups is 2. The van der Waals surface area contributed by atoms with Crippen LogP contribution < -0.4 is 11.1 Å². The molecule has 5 N–H and O–H groups in total. The van der Waals surface area contributed by atoms with Crippen molar-refractivity contribution in [2.45, 2.75) is 25.1 Å². The van der Waals surface area contributed by atoms with Crippen LogP contribution in [0, 0.1) is 5.92 Å². The first-order valence-electron chi connectivity index (χ1n) is 4.98. The molecule has 0 spiro atoms. The van der Waals surface area contributed by atoms with Crippen molar-refractivity contribution in [2.75, 3.05) is 13.2 Å². The van der Waals surface area contributed by atoms with Gasteiger partial charge in [0.15, 0.2) is 6.04 Å². The molecule has 4 atom stereocenters. The van der Waals surface area contributed by atoms with Crippen LogP contribution in [0.15, 0.2) is 0 Å². The van der Waals surface area contributed by atoms with Gasteiger partial charge in [0.2, 0.25) is 5.91 Å². The van der Waals surface area contributed by atoms with Crippen molar-refractivity contribution >= 4 is 11.9 Å². The summed E-state index contributed by atoms with van der Waals surface area (Å²) in [6.07, 6.45) is -1.17. The lowest BCUT2D eigenvalue weighted by atomic mass is 10.0. The Hall–Kier alpha value is -1.18. The summed E-state index contributed by atoms with van der Waals surface area (Å²) >= 11 is 0. The third-order valence-electron chi connectivity index (χ3n) is 2.51. The molecule has 1 rings (SSSR count). The highest BCUT2D eigenvalue weighted by molar-refractivity contribution is 5.86. The van der Waals surface area contributed by atoms with E-state index in [4.69, 9.17) is 15.6 Å². The predicted octanol–water partition coefficient (Wildman–Crippen LogP) is -2.09. The van der Waals surface area contributed by atoms with Gasteiger partial charge in [-0.15, -0.1) is 0 Å². The summed E-state index contributed by atoms with van der Waals surface area (Å²) in [5.41, 5.74) is 5.61. The first-order chi connectivity index (χ1) is 7.43. The maximum absolute atomic E-state index is 11.6. The Kier molecular flexibility index (Phi) is 4.22. The van der Waals surface area contributed by atoms with E-state index in [0.29, 0.717) is 0 Å². The molecule has 1 amide bonds. The van der Waals surface area contributed by atoms with Crippen LogP contribution in [0.4, 0.5) is 0 Å². The Bertz CT molecular complexity index is 281. The summed E-state index contributed by atoms with van der Waals surface area (Å²) in [5, 5.41) is 20.2. The molecule has 1 heterocycles. The monoisotopic (exact) mass is 232 g/mol. The molecule has 0 aromatic rings. The van der Waals surface area contributed by atoms with E-state index in [1.165, 1.54) is 6.92 Å². The summed E-state index contributed by atoms with van der Waals surface area (Å²) in [6.45, 7) is 1.76. The van der Waals surface area contributed by atoms with Crippen molar-refractivity contribution in [2.24, 2.45) is 11.7 Å². The molecule has 16 heavy (non-hydrogen) atoms. The van der Waals surface area contributed by atoms with Gasteiger partial charge in [0.25, 0.3) is 0 Å². The third kappa shape index (κ3) is 2.91. The van der Waals surface area contributed by atoms with Crippen molar-refractivity contribution in [1.29, 1.82) is 0 Å². The highest BCUT2D eigenvalue weighted by atomic mass is 16.5. The molecule has 0 saturated carbocycles. The molecule has 1 aliphatic rings. The van der Waals surface area contributed by atoms with E-state index >= 15 is 0 Å². The molecule has 1 fully saturated rings. The molecule has 92 valence electrons. The molecular weight excluding hydrogens is 216 g/mol. The molecule has 4 unspecified atom stereocenters. The quantitative estimate of drug-likeness (QED) is 0.441. The van der Waals surface area contributed by atoms with E-state index in [9.17, 15) is 14.7 Å². The fourth-order valence-corrected chi connectivity index (χ4v) is 1.49. The number of ether oxygens (including phenoxy) is 1. The minimum atomic E-state index is -1.32. The van der Waals surface area contributed by atoms with Gasteiger partial charge in [-0.2, -0.15) is 0 Å². The van der Waals surface area contributed by atoms with Crippen LogP contribution in [0.5, 0.6) is 0 Å². The van der Waals surface area contributed by atoms with E-state index in [1.807, 2.05) is 0 Å². The van der Waals surface area contributed by atoms with E-state index < -0.39 is 36.0 Å². The molecule has 0 bridgehead atoms. The average molecular weight is 232 g/mol. The Balaban J connectivity index is 2.58. The van der Waals surface area contributed by atoms with Gasteiger partial charge < -0.3 is 26.0 Å². The molecule has 7 heteroatoms. The fourth-order valence-electron chi connectivity index (χ4n) is 1.49. The molecule has 0 radical (unpaired) electrons. The molecule has 1 aliphatic heterocycles. The molecule has 0 aliphatic carbocycles.